The van der Waals surface area contributed by atoms with Crippen LogP contribution < -0.4 is 10.1 Å². The summed E-state index contributed by atoms with van der Waals surface area (Å²) < 4.78 is 5.24. The van der Waals surface area contributed by atoms with E-state index in [1.54, 1.807) is 19.1 Å². The molecule has 1 N–H and O–H groups in total. The Morgan fingerprint density at radius 3 is 2.48 bits per heavy atom. The Bertz CT molecular complexity index is 783. The number of piperidine rings is 1. The number of rotatable bonds is 7. The SMILES string of the molecule is COc1cccc(CN(C)C(=O)NCc2ccc(CN3CCC(C)CC3)cc2)c1. The van der Waals surface area contributed by atoms with Crippen molar-refractivity contribution >= 4 is 6.03 Å². The molecule has 1 aliphatic heterocycles. The number of urea groups is 1. The molecule has 2 aromatic carbocycles. The van der Waals surface area contributed by atoms with E-state index in [0.29, 0.717) is 13.1 Å². The first kappa shape index (κ1) is 21.2. The number of hydrogen-bond donors (Lipinski definition) is 1. The molecule has 0 radical (unpaired) electrons. The fraction of sp³-hybridized carbons (Fsp3) is 0.458. The van der Waals surface area contributed by atoms with Crippen LogP contribution in [0.25, 0.3) is 0 Å². The van der Waals surface area contributed by atoms with Crippen LogP contribution in [0.15, 0.2) is 48.5 Å². The van der Waals surface area contributed by atoms with Crippen LogP contribution in [0.1, 0.15) is 36.5 Å². The standard InChI is InChI=1S/C24H33N3O2/c1-19-11-13-27(14-12-19)18-21-9-7-20(8-10-21)16-25-24(28)26(2)17-22-5-4-6-23(15-22)29-3/h4-10,15,19H,11-14,16-18H2,1-3H3,(H,25,28). The lowest BCUT2D eigenvalue weighted by atomic mass is 9.99. The zero-order valence-electron chi connectivity index (χ0n) is 17.9. The van der Waals surface area contributed by atoms with Crippen LogP contribution in [0, 0.1) is 5.92 Å². The summed E-state index contributed by atoms with van der Waals surface area (Å²) in [5.74, 6) is 1.66. The van der Waals surface area contributed by atoms with Crippen molar-refractivity contribution in [2.45, 2.75) is 39.4 Å². The highest BCUT2D eigenvalue weighted by Crippen LogP contribution is 2.18. The molecule has 29 heavy (non-hydrogen) atoms. The molecule has 0 aromatic heterocycles. The van der Waals surface area contributed by atoms with Gasteiger partial charge >= 0.3 is 6.03 Å². The molecule has 156 valence electrons. The molecule has 1 saturated heterocycles. The molecule has 0 saturated carbocycles. The zero-order chi connectivity index (χ0) is 20.6. The number of carbonyl (C=O) groups excluding carboxylic acids is 1. The van der Waals surface area contributed by atoms with E-state index in [2.05, 4.69) is 41.4 Å². The van der Waals surface area contributed by atoms with E-state index in [1.165, 1.54) is 31.5 Å². The summed E-state index contributed by atoms with van der Waals surface area (Å²) in [5.41, 5.74) is 3.49. The Labute approximate surface area is 174 Å². The van der Waals surface area contributed by atoms with Gasteiger partial charge in [0.05, 0.1) is 7.11 Å². The molecule has 1 aliphatic rings. The van der Waals surface area contributed by atoms with Gasteiger partial charge in [0.2, 0.25) is 0 Å². The minimum atomic E-state index is -0.0840. The molecule has 5 heteroatoms. The number of benzene rings is 2. The van der Waals surface area contributed by atoms with Crippen molar-refractivity contribution in [1.29, 1.82) is 0 Å². The van der Waals surface area contributed by atoms with E-state index < -0.39 is 0 Å². The molecule has 0 spiro atoms. The van der Waals surface area contributed by atoms with Gasteiger partial charge in [-0.25, -0.2) is 4.79 Å². The number of hydrogen-bond acceptors (Lipinski definition) is 3. The molecule has 3 rings (SSSR count). The van der Waals surface area contributed by atoms with Crippen LogP contribution in [0.4, 0.5) is 4.79 Å². The number of methoxy groups -OCH3 is 1. The predicted molar refractivity (Wildman–Crippen MR) is 117 cm³/mol. The fourth-order valence-corrected chi connectivity index (χ4v) is 3.67. The monoisotopic (exact) mass is 395 g/mol. The third kappa shape index (κ3) is 6.50. The molecule has 5 nitrogen and oxygen atoms in total. The van der Waals surface area contributed by atoms with Gasteiger partial charge in [-0.15, -0.1) is 0 Å². The average Bonchev–Trinajstić information content (AvgIpc) is 2.74. The second-order valence-electron chi connectivity index (χ2n) is 8.14. The van der Waals surface area contributed by atoms with E-state index in [4.69, 9.17) is 4.74 Å². The van der Waals surface area contributed by atoms with Crippen LogP contribution in [0.3, 0.4) is 0 Å². The number of nitrogens with one attached hydrogen (secondary N) is 1. The number of nitrogens with zero attached hydrogens (tertiary/aromatic N) is 2. The number of carbonyl (C=O) groups is 1. The molecule has 0 atom stereocenters. The quantitative estimate of drug-likeness (QED) is 0.761. The Morgan fingerprint density at radius 2 is 1.79 bits per heavy atom. The normalized spacial score (nSPS) is 15.1. The van der Waals surface area contributed by atoms with Gasteiger partial charge in [0.15, 0.2) is 0 Å². The van der Waals surface area contributed by atoms with Crippen LogP contribution in [0.2, 0.25) is 0 Å². The van der Waals surface area contributed by atoms with Crippen LogP contribution >= 0.6 is 0 Å². The van der Waals surface area contributed by atoms with Gasteiger partial charge in [0.25, 0.3) is 0 Å². The zero-order valence-corrected chi connectivity index (χ0v) is 17.9. The van der Waals surface area contributed by atoms with Crippen LogP contribution in [-0.4, -0.2) is 43.1 Å². The maximum atomic E-state index is 12.4. The van der Waals surface area contributed by atoms with Crippen LogP contribution in [0.5, 0.6) is 5.75 Å². The molecular formula is C24H33N3O2. The molecule has 0 bridgehead atoms. The maximum Gasteiger partial charge on any atom is 0.317 e. The van der Waals surface area contributed by atoms with Crippen molar-refractivity contribution in [3.05, 3.63) is 65.2 Å². The lowest BCUT2D eigenvalue weighted by Gasteiger charge is -2.30. The second kappa shape index (κ2) is 10.3. The van der Waals surface area contributed by atoms with E-state index >= 15 is 0 Å². The summed E-state index contributed by atoms with van der Waals surface area (Å²) in [4.78, 5) is 16.6. The third-order valence-corrected chi connectivity index (χ3v) is 5.65. The first-order valence-electron chi connectivity index (χ1n) is 10.5. The summed E-state index contributed by atoms with van der Waals surface area (Å²) in [6, 6.07) is 16.3. The topological polar surface area (TPSA) is 44.8 Å². The van der Waals surface area contributed by atoms with Gasteiger partial charge in [0, 0.05) is 26.7 Å². The van der Waals surface area contributed by atoms with Crippen molar-refractivity contribution in [3.8, 4) is 5.75 Å². The Balaban J connectivity index is 1.44. The molecule has 0 aliphatic carbocycles. The summed E-state index contributed by atoms with van der Waals surface area (Å²) in [6.07, 6.45) is 2.60. The number of ether oxygens (including phenoxy) is 1. The van der Waals surface area contributed by atoms with Crippen molar-refractivity contribution in [3.63, 3.8) is 0 Å². The lowest BCUT2D eigenvalue weighted by Crippen LogP contribution is -2.36. The average molecular weight is 396 g/mol. The highest BCUT2D eigenvalue weighted by atomic mass is 16.5. The van der Waals surface area contributed by atoms with Gasteiger partial charge in [-0.1, -0.05) is 43.3 Å². The molecule has 1 heterocycles. The number of amides is 2. The second-order valence-corrected chi connectivity index (χ2v) is 8.14. The Morgan fingerprint density at radius 1 is 1.10 bits per heavy atom. The summed E-state index contributed by atoms with van der Waals surface area (Å²) in [5, 5.41) is 3.00. The minimum Gasteiger partial charge on any atom is -0.497 e. The van der Waals surface area contributed by atoms with Crippen LogP contribution in [-0.2, 0) is 19.6 Å². The summed E-state index contributed by atoms with van der Waals surface area (Å²) >= 11 is 0. The fourth-order valence-electron chi connectivity index (χ4n) is 3.67. The highest BCUT2D eigenvalue weighted by molar-refractivity contribution is 5.73. The van der Waals surface area contributed by atoms with E-state index in [-0.39, 0.29) is 6.03 Å². The molecule has 2 amide bonds. The third-order valence-electron chi connectivity index (χ3n) is 5.65. The van der Waals surface area contributed by atoms with Crippen molar-refractivity contribution < 1.29 is 9.53 Å². The predicted octanol–water partition coefficient (Wildman–Crippen LogP) is 4.27. The van der Waals surface area contributed by atoms with Crippen molar-refractivity contribution in [1.82, 2.24) is 15.1 Å². The van der Waals surface area contributed by atoms with Gasteiger partial charge in [-0.3, -0.25) is 4.90 Å². The summed E-state index contributed by atoms with van der Waals surface area (Å²) in [7, 11) is 3.45. The molecule has 0 unspecified atom stereocenters. The smallest absolute Gasteiger partial charge is 0.317 e. The summed E-state index contributed by atoms with van der Waals surface area (Å²) in [6.45, 7) is 6.81. The first-order valence-corrected chi connectivity index (χ1v) is 10.5. The van der Waals surface area contributed by atoms with Gasteiger partial charge in [0.1, 0.15) is 5.75 Å². The van der Waals surface area contributed by atoms with Crippen molar-refractivity contribution in [2.24, 2.45) is 5.92 Å². The van der Waals surface area contributed by atoms with Gasteiger partial charge in [-0.2, -0.15) is 0 Å². The van der Waals surface area contributed by atoms with E-state index in [0.717, 1.165) is 29.3 Å². The minimum absolute atomic E-state index is 0.0840. The maximum absolute atomic E-state index is 12.4. The molecule has 2 aromatic rings. The first-order chi connectivity index (χ1) is 14.0. The highest BCUT2D eigenvalue weighted by Gasteiger charge is 2.15. The largest absolute Gasteiger partial charge is 0.497 e. The van der Waals surface area contributed by atoms with E-state index in [1.807, 2.05) is 24.3 Å². The van der Waals surface area contributed by atoms with Crippen molar-refractivity contribution in [2.75, 3.05) is 27.2 Å². The lowest BCUT2D eigenvalue weighted by molar-refractivity contribution is 0.185. The number of likely N-dealkylation sites (tertiary alicyclic amines) is 1. The van der Waals surface area contributed by atoms with Gasteiger partial charge in [-0.05, 0) is 60.7 Å². The molecular weight excluding hydrogens is 362 g/mol. The Kier molecular flexibility index (Phi) is 7.53. The Hall–Kier alpha value is -2.53. The van der Waals surface area contributed by atoms with E-state index in [9.17, 15) is 4.79 Å². The molecule has 1 fully saturated rings. The van der Waals surface area contributed by atoms with Gasteiger partial charge < -0.3 is 15.0 Å².